The number of halogens is 1. The molecule has 2 amide bonds. The van der Waals surface area contributed by atoms with Gasteiger partial charge >= 0.3 is 0 Å². The number of benzene rings is 1. The zero-order valence-corrected chi connectivity index (χ0v) is 14.1. The molecule has 4 nitrogen and oxygen atoms in total. The van der Waals surface area contributed by atoms with Crippen LogP contribution in [0.3, 0.4) is 0 Å². The fourth-order valence-corrected chi connectivity index (χ4v) is 3.21. The monoisotopic (exact) mass is 410 g/mol. The van der Waals surface area contributed by atoms with Gasteiger partial charge in [0.15, 0.2) is 0 Å². The average molecular weight is 410 g/mol. The number of hydrogen-bond acceptors (Lipinski definition) is 3. The number of thiophene rings is 1. The van der Waals surface area contributed by atoms with E-state index in [1.807, 2.05) is 30.5 Å². The van der Waals surface area contributed by atoms with Crippen molar-refractivity contribution in [1.29, 1.82) is 0 Å². The molecule has 0 spiro atoms. The quantitative estimate of drug-likeness (QED) is 0.470. The number of carbonyl (C=O) groups excluding carboxylic acids is 2. The molecule has 1 saturated heterocycles. The summed E-state index contributed by atoms with van der Waals surface area (Å²) >= 11 is 3.70. The molecule has 2 aromatic rings. The van der Waals surface area contributed by atoms with Crippen LogP contribution in [-0.4, -0.2) is 11.8 Å². The number of hydrogen-bond donors (Lipinski definition) is 1. The lowest BCUT2D eigenvalue weighted by Crippen LogP contribution is -2.35. The third kappa shape index (κ3) is 2.73. The number of nitrogens with one attached hydrogen (secondary N) is 1. The van der Waals surface area contributed by atoms with Crippen LogP contribution in [-0.2, 0) is 9.59 Å². The second-order valence-corrected chi connectivity index (χ2v) is 6.78. The highest BCUT2D eigenvalue weighted by atomic mass is 127. The molecule has 6 heteroatoms. The molecule has 1 aromatic carbocycles. The zero-order chi connectivity index (χ0) is 15.0. The molecule has 0 atom stereocenters. The van der Waals surface area contributed by atoms with Crippen molar-refractivity contribution in [2.45, 2.75) is 6.92 Å². The number of carbonyl (C=O) groups is 2. The van der Waals surface area contributed by atoms with Gasteiger partial charge in [-0.05, 0) is 76.9 Å². The van der Waals surface area contributed by atoms with E-state index in [-0.39, 0.29) is 17.4 Å². The maximum absolute atomic E-state index is 12.4. The predicted octanol–water partition coefficient (Wildman–Crippen LogP) is 3.12. The highest BCUT2D eigenvalue weighted by Gasteiger charge is 2.34. The van der Waals surface area contributed by atoms with Gasteiger partial charge < -0.3 is 0 Å². The van der Waals surface area contributed by atoms with Gasteiger partial charge in [0.05, 0.1) is 5.69 Å². The van der Waals surface area contributed by atoms with E-state index in [1.165, 1.54) is 16.3 Å². The van der Waals surface area contributed by atoms with Gasteiger partial charge in [0.2, 0.25) is 0 Å². The van der Waals surface area contributed by atoms with Crippen molar-refractivity contribution in [1.82, 2.24) is 5.43 Å². The first-order valence-electron chi connectivity index (χ1n) is 6.23. The highest BCUT2D eigenvalue weighted by molar-refractivity contribution is 14.1. The summed E-state index contributed by atoms with van der Waals surface area (Å²) in [5.74, 6) is -0.694. The van der Waals surface area contributed by atoms with Crippen LogP contribution in [0.25, 0.3) is 6.08 Å². The molecule has 0 radical (unpaired) electrons. The van der Waals surface area contributed by atoms with Crippen molar-refractivity contribution in [2.24, 2.45) is 0 Å². The number of anilines is 1. The predicted molar refractivity (Wildman–Crippen MR) is 91.8 cm³/mol. The number of amides is 2. The number of hydrazine groups is 1. The Balaban J connectivity index is 1.94. The fraction of sp³-hybridized carbons (Fsp3) is 0.0667. The van der Waals surface area contributed by atoms with E-state index in [0.717, 1.165) is 14.0 Å². The molecule has 1 N–H and O–H groups in total. The van der Waals surface area contributed by atoms with Gasteiger partial charge in [0.1, 0.15) is 5.57 Å². The molecule has 3 rings (SSSR count). The van der Waals surface area contributed by atoms with Gasteiger partial charge in [-0.3, -0.25) is 15.0 Å². The van der Waals surface area contributed by atoms with Crippen molar-refractivity contribution >= 4 is 57.5 Å². The normalized spacial score (nSPS) is 16.7. The fourth-order valence-electron chi connectivity index (χ4n) is 1.99. The smallest absolute Gasteiger partial charge is 0.267 e. The summed E-state index contributed by atoms with van der Waals surface area (Å²) in [6.45, 7) is 1.96. The minimum atomic E-state index is -0.369. The maximum Gasteiger partial charge on any atom is 0.282 e. The van der Waals surface area contributed by atoms with Gasteiger partial charge in [0, 0.05) is 8.45 Å². The average Bonchev–Trinajstić information content (AvgIpc) is 2.98. The Hall–Kier alpha value is -1.67. The van der Waals surface area contributed by atoms with Crippen LogP contribution < -0.4 is 10.4 Å². The van der Waals surface area contributed by atoms with Gasteiger partial charge in [0.25, 0.3) is 11.8 Å². The molecular weight excluding hydrogens is 399 g/mol. The minimum absolute atomic E-state index is 0.166. The van der Waals surface area contributed by atoms with Crippen molar-refractivity contribution < 1.29 is 9.59 Å². The molecule has 1 fully saturated rings. The Morgan fingerprint density at radius 1 is 1.19 bits per heavy atom. The summed E-state index contributed by atoms with van der Waals surface area (Å²) in [5.41, 5.74) is 4.48. The Labute approximate surface area is 139 Å². The van der Waals surface area contributed by atoms with Crippen molar-refractivity contribution in [3.63, 3.8) is 0 Å². The third-order valence-corrected chi connectivity index (χ3v) is 4.84. The van der Waals surface area contributed by atoms with Crippen molar-refractivity contribution in [3.05, 3.63) is 55.3 Å². The van der Waals surface area contributed by atoms with Crippen molar-refractivity contribution in [3.8, 4) is 0 Å². The lowest BCUT2D eigenvalue weighted by Gasteiger charge is -2.14. The standard InChI is InChI=1S/C15H11IN2O2S/c1-9-6-7-21-13(9)8-12-14(19)17-18(15(12)20)11-4-2-10(16)3-5-11/h2-8H,1H3,(H,17,19). The number of rotatable bonds is 2. The van der Waals surface area contributed by atoms with Gasteiger partial charge in [-0.25, -0.2) is 5.01 Å². The summed E-state index contributed by atoms with van der Waals surface area (Å²) in [7, 11) is 0. The number of aryl methyl sites for hydroxylation is 1. The number of nitrogens with zero attached hydrogens (tertiary/aromatic N) is 1. The first-order valence-corrected chi connectivity index (χ1v) is 8.19. The van der Waals surface area contributed by atoms with Crippen LogP contribution in [0, 0.1) is 10.5 Å². The molecule has 21 heavy (non-hydrogen) atoms. The lowest BCUT2D eigenvalue weighted by molar-refractivity contribution is -0.117. The Kier molecular flexibility index (Phi) is 3.81. The first kappa shape index (κ1) is 14.3. The summed E-state index contributed by atoms with van der Waals surface area (Å²) in [6, 6.07) is 9.35. The molecule has 106 valence electrons. The molecule has 2 heterocycles. The molecule has 0 bridgehead atoms. The Bertz CT molecular complexity index is 749. The molecule has 1 aromatic heterocycles. The van der Waals surface area contributed by atoms with E-state index < -0.39 is 0 Å². The van der Waals surface area contributed by atoms with E-state index in [2.05, 4.69) is 28.0 Å². The summed E-state index contributed by atoms with van der Waals surface area (Å²) in [4.78, 5) is 25.4. The zero-order valence-electron chi connectivity index (χ0n) is 11.1. The van der Waals surface area contributed by atoms with Gasteiger partial charge in [-0.1, -0.05) is 0 Å². The third-order valence-electron chi connectivity index (χ3n) is 3.15. The molecule has 0 unspecified atom stereocenters. The van der Waals surface area contributed by atoms with Gasteiger partial charge in [-0.2, -0.15) is 0 Å². The van der Waals surface area contributed by atoms with E-state index >= 15 is 0 Å². The SMILES string of the molecule is Cc1ccsc1C=C1C(=O)NN(c2ccc(I)cc2)C1=O. The second kappa shape index (κ2) is 5.61. The summed E-state index contributed by atoms with van der Waals surface area (Å²) in [5, 5.41) is 3.23. The molecule has 0 saturated carbocycles. The lowest BCUT2D eigenvalue weighted by atomic mass is 10.2. The highest BCUT2D eigenvalue weighted by Crippen LogP contribution is 2.25. The van der Waals surface area contributed by atoms with E-state index in [1.54, 1.807) is 18.2 Å². The molecule has 1 aliphatic rings. The van der Waals surface area contributed by atoms with Crippen LogP contribution in [0.1, 0.15) is 10.4 Å². The largest absolute Gasteiger partial charge is 0.282 e. The topological polar surface area (TPSA) is 49.4 Å². The van der Waals surface area contributed by atoms with Crippen LogP contribution in [0.5, 0.6) is 0 Å². The van der Waals surface area contributed by atoms with E-state index in [9.17, 15) is 9.59 Å². The van der Waals surface area contributed by atoms with Crippen LogP contribution in [0.15, 0.2) is 41.3 Å². The minimum Gasteiger partial charge on any atom is -0.267 e. The molecule has 0 aliphatic carbocycles. The van der Waals surface area contributed by atoms with Crippen molar-refractivity contribution in [2.75, 3.05) is 5.01 Å². The van der Waals surface area contributed by atoms with Crippen LogP contribution >= 0.6 is 33.9 Å². The Morgan fingerprint density at radius 3 is 2.52 bits per heavy atom. The Morgan fingerprint density at radius 2 is 1.90 bits per heavy atom. The molecular formula is C15H11IN2O2S. The van der Waals surface area contributed by atoms with E-state index in [4.69, 9.17) is 0 Å². The molecule has 1 aliphatic heterocycles. The second-order valence-electron chi connectivity index (χ2n) is 4.58. The van der Waals surface area contributed by atoms with Crippen LogP contribution in [0.4, 0.5) is 5.69 Å². The summed E-state index contributed by atoms with van der Waals surface area (Å²) in [6.07, 6.45) is 1.66. The first-order chi connectivity index (χ1) is 10.1. The van der Waals surface area contributed by atoms with Crippen LogP contribution in [0.2, 0.25) is 0 Å². The summed E-state index contributed by atoms with van der Waals surface area (Å²) < 4.78 is 1.07. The van der Waals surface area contributed by atoms with E-state index in [0.29, 0.717) is 5.69 Å². The van der Waals surface area contributed by atoms with Gasteiger partial charge in [-0.15, -0.1) is 11.3 Å². The maximum atomic E-state index is 12.4.